The Kier molecular flexibility index (Phi) is 4.60. The molecule has 0 aliphatic carbocycles. The number of rotatable bonds is 3. The van der Waals surface area contributed by atoms with Gasteiger partial charge in [-0.05, 0) is 28.2 Å². The summed E-state index contributed by atoms with van der Waals surface area (Å²) in [6.07, 6.45) is 2.20. The topological polar surface area (TPSA) is 31.1 Å². The van der Waals surface area contributed by atoms with Crippen LogP contribution in [-0.4, -0.2) is 36.1 Å². The van der Waals surface area contributed by atoms with Crippen LogP contribution < -0.4 is 5.32 Å². The first kappa shape index (κ1) is 17.3. The molecule has 3 heteroatoms. The highest BCUT2D eigenvalue weighted by Crippen LogP contribution is 2.35. The monoisotopic (exact) mass is 347 g/mol. The smallest absolute Gasteiger partial charge is 0.0623 e. The van der Waals surface area contributed by atoms with Crippen molar-refractivity contribution in [2.45, 2.75) is 32.2 Å². The van der Waals surface area contributed by atoms with Gasteiger partial charge in [0.15, 0.2) is 0 Å². The molecule has 2 aromatic carbocycles. The van der Waals surface area contributed by atoms with Crippen LogP contribution in [0.1, 0.15) is 43.5 Å². The lowest BCUT2D eigenvalue weighted by molar-refractivity contribution is 0.199. The van der Waals surface area contributed by atoms with Crippen LogP contribution in [-0.2, 0) is 5.41 Å². The molecule has 1 saturated heterocycles. The van der Waals surface area contributed by atoms with Gasteiger partial charge in [-0.3, -0.25) is 4.90 Å². The third-order valence-corrected chi connectivity index (χ3v) is 5.53. The fourth-order valence-corrected chi connectivity index (χ4v) is 4.01. The summed E-state index contributed by atoms with van der Waals surface area (Å²) < 4.78 is 0. The van der Waals surface area contributed by atoms with E-state index in [1.165, 1.54) is 27.6 Å². The van der Waals surface area contributed by atoms with E-state index in [1.807, 2.05) is 0 Å². The second-order valence-corrected chi connectivity index (χ2v) is 8.35. The molecule has 26 heavy (non-hydrogen) atoms. The second-order valence-electron chi connectivity index (χ2n) is 8.35. The first-order valence-corrected chi connectivity index (χ1v) is 9.65. The maximum absolute atomic E-state index is 3.48. The Morgan fingerprint density at radius 2 is 1.62 bits per heavy atom. The number of nitrogens with zero attached hydrogens (tertiary/aromatic N) is 1. The number of H-pyrrole nitrogens is 1. The number of aromatic nitrogens is 1. The van der Waals surface area contributed by atoms with E-state index in [1.54, 1.807) is 0 Å². The summed E-state index contributed by atoms with van der Waals surface area (Å²) in [6, 6.07) is 18.2. The average molecular weight is 348 g/mol. The van der Waals surface area contributed by atoms with Gasteiger partial charge in [0.2, 0.25) is 0 Å². The van der Waals surface area contributed by atoms with E-state index in [0.29, 0.717) is 6.04 Å². The lowest BCUT2D eigenvalue weighted by Crippen LogP contribution is -2.45. The Morgan fingerprint density at radius 3 is 2.31 bits per heavy atom. The van der Waals surface area contributed by atoms with E-state index in [0.717, 1.165) is 26.2 Å². The van der Waals surface area contributed by atoms with Crippen molar-refractivity contribution in [2.75, 3.05) is 26.2 Å². The van der Waals surface area contributed by atoms with Crippen LogP contribution in [0.25, 0.3) is 10.9 Å². The number of benzene rings is 2. The Morgan fingerprint density at radius 1 is 0.923 bits per heavy atom. The molecule has 0 amide bonds. The van der Waals surface area contributed by atoms with Crippen LogP contribution in [0, 0.1) is 0 Å². The molecule has 4 rings (SSSR count). The molecule has 0 saturated carbocycles. The average Bonchev–Trinajstić information content (AvgIpc) is 3.07. The van der Waals surface area contributed by atoms with Crippen molar-refractivity contribution in [3.05, 3.63) is 71.4 Å². The van der Waals surface area contributed by atoms with Crippen molar-refractivity contribution in [3.8, 4) is 0 Å². The van der Waals surface area contributed by atoms with Gasteiger partial charge >= 0.3 is 0 Å². The lowest BCUT2D eigenvalue weighted by atomic mass is 9.85. The van der Waals surface area contributed by atoms with Gasteiger partial charge in [-0.15, -0.1) is 0 Å². The zero-order valence-corrected chi connectivity index (χ0v) is 16.0. The summed E-state index contributed by atoms with van der Waals surface area (Å²) in [4.78, 5) is 6.08. The molecule has 3 nitrogen and oxygen atoms in total. The van der Waals surface area contributed by atoms with Gasteiger partial charge in [-0.25, -0.2) is 0 Å². The molecule has 0 radical (unpaired) electrons. The first-order chi connectivity index (χ1) is 12.5. The number of hydrogen-bond acceptors (Lipinski definition) is 2. The maximum atomic E-state index is 3.48. The van der Waals surface area contributed by atoms with Crippen molar-refractivity contribution < 1.29 is 0 Å². The fourth-order valence-electron chi connectivity index (χ4n) is 4.01. The molecule has 0 spiro atoms. The largest absolute Gasteiger partial charge is 0.361 e. The summed E-state index contributed by atoms with van der Waals surface area (Å²) in [6.45, 7) is 11.1. The van der Waals surface area contributed by atoms with E-state index in [4.69, 9.17) is 0 Å². The lowest BCUT2D eigenvalue weighted by Gasteiger charge is -2.35. The number of aromatic amines is 1. The van der Waals surface area contributed by atoms with Crippen molar-refractivity contribution in [1.82, 2.24) is 15.2 Å². The zero-order valence-electron chi connectivity index (χ0n) is 16.0. The Balaban J connectivity index is 1.78. The molecule has 136 valence electrons. The summed E-state index contributed by atoms with van der Waals surface area (Å²) in [5.74, 6) is 0. The van der Waals surface area contributed by atoms with Crippen LogP contribution >= 0.6 is 0 Å². The third kappa shape index (κ3) is 3.29. The highest BCUT2D eigenvalue weighted by atomic mass is 15.2. The molecule has 2 N–H and O–H groups in total. The predicted octanol–water partition coefficient (Wildman–Crippen LogP) is 4.46. The minimum Gasteiger partial charge on any atom is -0.361 e. The predicted molar refractivity (Wildman–Crippen MR) is 110 cm³/mol. The third-order valence-electron chi connectivity index (χ3n) is 5.53. The minimum absolute atomic E-state index is 0.184. The number of hydrogen-bond donors (Lipinski definition) is 2. The van der Waals surface area contributed by atoms with Crippen molar-refractivity contribution in [3.63, 3.8) is 0 Å². The summed E-state index contributed by atoms with van der Waals surface area (Å²) >= 11 is 0. The normalized spacial score (nSPS) is 17.5. The molecule has 1 aliphatic rings. The fraction of sp³-hybridized carbons (Fsp3) is 0.391. The SMILES string of the molecule is CC(C)(C)c1ccc(C(c2c[nH]c3ccccc23)N2CCNCC2)cc1. The Labute approximate surface area is 156 Å². The van der Waals surface area contributed by atoms with Gasteiger partial charge in [-0.2, -0.15) is 0 Å². The molecule has 1 aromatic heterocycles. The van der Waals surface area contributed by atoms with Crippen LogP contribution in [0.2, 0.25) is 0 Å². The summed E-state index contributed by atoms with van der Waals surface area (Å²) in [7, 11) is 0. The van der Waals surface area contributed by atoms with Gasteiger partial charge in [-0.1, -0.05) is 63.2 Å². The van der Waals surface area contributed by atoms with E-state index >= 15 is 0 Å². The van der Waals surface area contributed by atoms with Crippen LogP contribution in [0.4, 0.5) is 0 Å². The van der Waals surface area contributed by atoms with Gasteiger partial charge in [0, 0.05) is 43.3 Å². The van der Waals surface area contributed by atoms with Crippen molar-refractivity contribution in [1.29, 1.82) is 0 Å². The van der Waals surface area contributed by atoms with Gasteiger partial charge in [0.1, 0.15) is 0 Å². The second kappa shape index (κ2) is 6.90. The number of fused-ring (bicyclic) bond motifs is 1. The van der Waals surface area contributed by atoms with Gasteiger partial charge < -0.3 is 10.3 Å². The molecule has 1 fully saturated rings. The number of para-hydroxylation sites is 1. The zero-order chi connectivity index (χ0) is 18.1. The van der Waals surface area contributed by atoms with E-state index < -0.39 is 0 Å². The summed E-state index contributed by atoms with van der Waals surface area (Å²) in [5.41, 5.74) is 5.55. The highest BCUT2D eigenvalue weighted by molar-refractivity contribution is 5.84. The van der Waals surface area contributed by atoms with Crippen LogP contribution in [0.15, 0.2) is 54.7 Å². The molecule has 1 aliphatic heterocycles. The summed E-state index contributed by atoms with van der Waals surface area (Å²) in [5, 5.41) is 4.81. The number of nitrogens with one attached hydrogen (secondary N) is 2. The maximum Gasteiger partial charge on any atom is 0.0623 e. The quantitative estimate of drug-likeness (QED) is 0.733. The Hall–Kier alpha value is -2.10. The van der Waals surface area contributed by atoms with Crippen LogP contribution in [0.5, 0.6) is 0 Å². The van der Waals surface area contributed by atoms with E-state index in [-0.39, 0.29) is 5.41 Å². The van der Waals surface area contributed by atoms with Gasteiger partial charge in [0.25, 0.3) is 0 Å². The molecular weight excluding hydrogens is 318 g/mol. The molecule has 2 heterocycles. The molecule has 1 atom stereocenters. The highest BCUT2D eigenvalue weighted by Gasteiger charge is 2.26. The standard InChI is InChI=1S/C23H29N3/c1-23(2,3)18-10-8-17(9-11-18)22(26-14-12-24-13-15-26)20-16-25-21-7-5-4-6-19(20)21/h4-11,16,22,24-25H,12-15H2,1-3H3. The van der Waals surface area contributed by atoms with Crippen molar-refractivity contribution in [2.24, 2.45) is 0 Å². The molecule has 3 aromatic rings. The molecular formula is C23H29N3. The first-order valence-electron chi connectivity index (χ1n) is 9.65. The molecule has 0 bridgehead atoms. The Bertz CT molecular complexity index is 864. The van der Waals surface area contributed by atoms with E-state index in [9.17, 15) is 0 Å². The van der Waals surface area contributed by atoms with Crippen LogP contribution in [0.3, 0.4) is 0 Å². The van der Waals surface area contributed by atoms with Crippen molar-refractivity contribution >= 4 is 10.9 Å². The minimum atomic E-state index is 0.184. The van der Waals surface area contributed by atoms with Gasteiger partial charge in [0.05, 0.1) is 6.04 Å². The number of piperazine rings is 1. The molecule has 1 unspecified atom stereocenters. The van der Waals surface area contributed by atoms with E-state index in [2.05, 4.69) is 90.7 Å².